The molecule has 0 amide bonds. The van der Waals surface area contributed by atoms with Crippen LogP contribution in [0.5, 0.6) is 0 Å². The lowest BCUT2D eigenvalue weighted by Gasteiger charge is -2.37. The fourth-order valence-corrected chi connectivity index (χ4v) is 4.09. The smallest absolute Gasteiger partial charge is 0.0834 e. The predicted molar refractivity (Wildman–Crippen MR) is 90.0 cm³/mol. The van der Waals surface area contributed by atoms with Gasteiger partial charge in [-0.15, -0.1) is 0 Å². The van der Waals surface area contributed by atoms with Crippen LogP contribution in [-0.2, 0) is 11.2 Å². The molecule has 2 rings (SSSR count). The first-order valence-electron chi connectivity index (χ1n) is 8.37. The molecule has 1 aliphatic carbocycles. The second-order valence-electron chi connectivity index (χ2n) is 6.67. The van der Waals surface area contributed by atoms with Gasteiger partial charge in [0.2, 0.25) is 0 Å². The summed E-state index contributed by atoms with van der Waals surface area (Å²) in [4.78, 5) is 0. The van der Waals surface area contributed by atoms with Crippen LogP contribution in [0.3, 0.4) is 0 Å². The van der Waals surface area contributed by atoms with Crippen LogP contribution in [0.15, 0.2) is 12.1 Å². The molecule has 1 fully saturated rings. The minimum atomic E-state index is 0.0276. The van der Waals surface area contributed by atoms with Crippen LogP contribution in [0.2, 0.25) is 0 Å². The number of rotatable bonds is 6. The highest BCUT2D eigenvalue weighted by atomic mass is 16.5. The Bertz CT molecular complexity index is 451. The fraction of sp³-hybridized carbons (Fsp3) is 0.684. The molecule has 1 unspecified atom stereocenters. The SMILES string of the molecule is CCNC(Cc1c(C)cc(C)cc1C)C1(OC)CCCC1. The van der Waals surface area contributed by atoms with Crippen molar-refractivity contribution in [2.24, 2.45) is 0 Å². The Labute approximate surface area is 130 Å². The number of ether oxygens (including phenoxy) is 1. The van der Waals surface area contributed by atoms with E-state index in [9.17, 15) is 0 Å². The number of methoxy groups -OCH3 is 1. The van der Waals surface area contributed by atoms with Gasteiger partial charge in [0.05, 0.1) is 5.60 Å². The average Bonchev–Trinajstić information content (AvgIpc) is 2.91. The number of nitrogens with one attached hydrogen (secondary N) is 1. The van der Waals surface area contributed by atoms with Gasteiger partial charge in [-0.05, 0) is 63.3 Å². The van der Waals surface area contributed by atoms with E-state index < -0.39 is 0 Å². The number of likely N-dealkylation sites (N-methyl/N-ethyl adjacent to an activating group) is 1. The Hall–Kier alpha value is -0.860. The molecular formula is C19H31NO. The summed E-state index contributed by atoms with van der Waals surface area (Å²) in [6, 6.07) is 5.02. The van der Waals surface area contributed by atoms with E-state index in [0.29, 0.717) is 6.04 Å². The van der Waals surface area contributed by atoms with E-state index in [0.717, 1.165) is 13.0 Å². The third-order valence-corrected chi connectivity index (χ3v) is 5.19. The quantitative estimate of drug-likeness (QED) is 0.851. The molecule has 1 N–H and O–H groups in total. The van der Waals surface area contributed by atoms with Gasteiger partial charge in [-0.3, -0.25) is 0 Å². The van der Waals surface area contributed by atoms with Crippen LogP contribution < -0.4 is 5.32 Å². The Kier molecular flexibility index (Phi) is 5.45. The van der Waals surface area contributed by atoms with Crippen molar-refractivity contribution in [3.63, 3.8) is 0 Å². The van der Waals surface area contributed by atoms with Crippen LogP contribution in [0.25, 0.3) is 0 Å². The van der Waals surface area contributed by atoms with Gasteiger partial charge in [-0.1, -0.05) is 37.5 Å². The highest BCUT2D eigenvalue weighted by Crippen LogP contribution is 2.37. The van der Waals surface area contributed by atoms with Crippen LogP contribution >= 0.6 is 0 Å². The summed E-state index contributed by atoms with van der Waals surface area (Å²) in [6.45, 7) is 9.86. The van der Waals surface area contributed by atoms with E-state index in [2.05, 4.69) is 45.1 Å². The van der Waals surface area contributed by atoms with Crippen molar-refractivity contribution < 1.29 is 4.74 Å². The van der Waals surface area contributed by atoms with Crippen molar-refractivity contribution in [2.45, 2.75) is 71.4 Å². The molecule has 0 aromatic heterocycles. The summed E-state index contributed by atoms with van der Waals surface area (Å²) >= 11 is 0. The maximum absolute atomic E-state index is 6.03. The van der Waals surface area contributed by atoms with Gasteiger partial charge in [-0.2, -0.15) is 0 Å². The Balaban J connectivity index is 2.28. The Morgan fingerprint density at radius 3 is 2.19 bits per heavy atom. The minimum Gasteiger partial charge on any atom is -0.377 e. The first-order chi connectivity index (χ1) is 10.0. The summed E-state index contributed by atoms with van der Waals surface area (Å²) < 4.78 is 6.03. The van der Waals surface area contributed by atoms with Gasteiger partial charge in [0.15, 0.2) is 0 Å². The first-order valence-corrected chi connectivity index (χ1v) is 8.37. The first kappa shape index (κ1) is 16.5. The number of benzene rings is 1. The summed E-state index contributed by atoms with van der Waals surface area (Å²) in [7, 11) is 1.89. The summed E-state index contributed by atoms with van der Waals surface area (Å²) in [5.41, 5.74) is 5.71. The molecular weight excluding hydrogens is 258 g/mol. The molecule has 0 bridgehead atoms. The fourth-order valence-electron chi connectivity index (χ4n) is 4.09. The van der Waals surface area contributed by atoms with Crippen LogP contribution in [0.4, 0.5) is 0 Å². The maximum Gasteiger partial charge on any atom is 0.0834 e. The molecule has 0 spiro atoms. The van der Waals surface area contributed by atoms with E-state index in [1.54, 1.807) is 0 Å². The summed E-state index contributed by atoms with van der Waals surface area (Å²) in [6.07, 6.45) is 6.03. The molecule has 0 aliphatic heterocycles. The zero-order valence-electron chi connectivity index (χ0n) is 14.4. The third kappa shape index (κ3) is 3.49. The summed E-state index contributed by atoms with van der Waals surface area (Å²) in [5, 5.41) is 3.71. The molecule has 0 saturated heterocycles. The lowest BCUT2D eigenvalue weighted by molar-refractivity contribution is -0.0351. The molecule has 1 aromatic rings. The van der Waals surface area contributed by atoms with E-state index in [1.807, 2.05) is 7.11 Å². The van der Waals surface area contributed by atoms with Gasteiger partial charge in [0.1, 0.15) is 0 Å². The van der Waals surface area contributed by atoms with Gasteiger partial charge in [0, 0.05) is 13.2 Å². The standard InChI is InChI=1S/C19H31NO/c1-6-20-18(19(21-5)9-7-8-10-19)13-17-15(3)11-14(2)12-16(17)4/h11-12,18,20H,6-10,13H2,1-5H3. The highest BCUT2D eigenvalue weighted by molar-refractivity contribution is 5.38. The zero-order chi connectivity index (χ0) is 15.5. The minimum absolute atomic E-state index is 0.0276. The number of hydrogen-bond acceptors (Lipinski definition) is 2. The lowest BCUT2D eigenvalue weighted by Crippen LogP contribution is -2.51. The van der Waals surface area contributed by atoms with Crippen molar-refractivity contribution >= 4 is 0 Å². The van der Waals surface area contributed by atoms with E-state index >= 15 is 0 Å². The topological polar surface area (TPSA) is 21.3 Å². The summed E-state index contributed by atoms with van der Waals surface area (Å²) in [5.74, 6) is 0. The molecule has 1 aromatic carbocycles. The molecule has 21 heavy (non-hydrogen) atoms. The highest BCUT2D eigenvalue weighted by Gasteiger charge is 2.41. The normalized spacial score (nSPS) is 18.9. The van der Waals surface area contributed by atoms with Crippen molar-refractivity contribution in [1.82, 2.24) is 5.32 Å². The molecule has 2 nitrogen and oxygen atoms in total. The van der Waals surface area contributed by atoms with Crippen LogP contribution in [-0.4, -0.2) is 25.3 Å². The monoisotopic (exact) mass is 289 g/mol. The Morgan fingerprint density at radius 1 is 1.14 bits per heavy atom. The molecule has 2 heteroatoms. The van der Waals surface area contributed by atoms with Gasteiger partial charge in [-0.25, -0.2) is 0 Å². The van der Waals surface area contributed by atoms with E-state index in [1.165, 1.54) is 47.9 Å². The number of aryl methyl sites for hydroxylation is 3. The van der Waals surface area contributed by atoms with Crippen molar-refractivity contribution in [3.8, 4) is 0 Å². The van der Waals surface area contributed by atoms with Crippen molar-refractivity contribution in [2.75, 3.05) is 13.7 Å². The molecule has 1 atom stereocenters. The maximum atomic E-state index is 6.03. The van der Waals surface area contributed by atoms with Crippen molar-refractivity contribution in [3.05, 3.63) is 34.4 Å². The average molecular weight is 289 g/mol. The van der Waals surface area contributed by atoms with E-state index in [-0.39, 0.29) is 5.60 Å². The van der Waals surface area contributed by atoms with E-state index in [4.69, 9.17) is 4.74 Å². The molecule has 1 saturated carbocycles. The second-order valence-corrected chi connectivity index (χ2v) is 6.67. The zero-order valence-corrected chi connectivity index (χ0v) is 14.4. The lowest BCUT2D eigenvalue weighted by atomic mass is 9.84. The predicted octanol–water partition coefficient (Wildman–Crippen LogP) is 4.09. The molecule has 1 aliphatic rings. The van der Waals surface area contributed by atoms with Gasteiger partial charge < -0.3 is 10.1 Å². The molecule has 118 valence electrons. The van der Waals surface area contributed by atoms with Gasteiger partial charge >= 0.3 is 0 Å². The third-order valence-electron chi connectivity index (χ3n) is 5.19. The van der Waals surface area contributed by atoms with Crippen molar-refractivity contribution in [1.29, 1.82) is 0 Å². The molecule has 0 heterocycles. The number of hydrogen-bond donors (Lipinski definition) is 1. The van der Waals surface area contributed by atoms with Crippen LogP contribution in [0.1, 0.15) is 54.9 Å². The Morgan fingerprint density at radius 2 is 1.71 bits per heavy atom. The second kappa shape index (κ2) is 6.93. The van der Waals surface area contributed by atoms with Crippen LogP contribution in [0, 0.1) is 20.8 Å². The largest absolute Gasteiger partial charge is 0.377 e. The molecule has 0 radical (unpaired) electrons. The van der Waals surface area contributed by atoms with Gasteiger partial charge in [0.25, 0.3) is 0 Å².